The third-order valence-electron chi connectivity index (χ3n) is 3.42. The lowest BCUT2D eigenvalue weighted by Crippen LogP contribution is -2.16. The third kappa shape index (κ3) is 3.33. The van der Waals surface area contributed by atoms with Gasteiger partial charge < -0.3 is 9.84 Å². The van der Waals surface area contributed by atoms with Gasteiger partial charge in [0.05, 0.1) is 19.1 Å². The highest BCUT2D eigenvalue weighted by Gasteiger charge is 2.20. The minimum Gasteiger partial charge on any atom is -0.469 e. The molecular formula is C15H22O3. The van der Waals surface area contributed by atoms with Crippen molar-refractivity contribution in [3.8, 4) is 0 Å². The Balaban J connectivity index is 2.87. The van der Waals surface area contributed by atoms with Crippen LogP contribution in [-0.4, -0.2) is 18.2 Å². The fourth-order valence-electron chi connectivity index (χ4n) is 2.10. The lowest BCUT2D eigenvalue weighted by Gasteiger charge is -2.18. The Kier molecular flexibility index (Phi) is 4.91. The molecule has 0 saturated heterocycles. The van der Waals surface area contributed by atoms with Crippen LogP contribution in [0.15, 0.2) is 12.1 Å². The Morgan fingerprint density at radius 2 is 1.78 bits per heavy atom. The maximum atomic E-state index is 11.4. The van der Waals surface area contributed by atoms with Crippen LogP contribution < -0.4 is 0 Å². The number of rotatable bonds is 4. The second-order valence-corrected chi connectivity index (χ2v) is 4.97. The summed E-state index contributed by atoms with van der Waals surface area (Å²) in [6.07, 6.45) is -0.242. The van der Waals surface area contributed by atoms with Gasteiger partial charge in [0.15, 0.2) is 0 Å². The van der Waals surface area contributed by atoms with Gasteiger partial charge in [-0.1, -0.05) is 19.1 Å². The van der Waals surface area contributed by atoms with Crippen molar-refractivity contribution >= 4 is 5.97 Å². The van der Waals surface area contributed by atoms with Crippen molar-refractivity contribution in [2.45, 2.75) is 40.2 Å². The molecule has 1 rings (SSSR count). The van der Waals surface area contributed by atoms with Gasteiger partial charge in [-0.05, 0) is 49.4 Å². The smallest absolute Gasteiger partial charge is 0.308 e. The van der Waals surface area contributed by atoms with Gasteiger partial charge in [-0.3, -0.25) is 4.79 Å². The average molecular weight is 250 g/mol. The normalized spacial score (nSPS) is 14.1. The molecule has 0 fully saturated rings. The van der Waals surface area contributed by atoms with Crippen LogP contribution in [0.1, 0.15) is 41.7 Å². The highest BCUT2D eigenvalue weighted by Crippen LogP contribution is 2.26. The summed E-state index contributed by atoms with van der Waals surface area (Å²) in [6, 6.07) is 4.07. The van der Waals surface area contributed by atoms with Crippen molar-refractivity contribution in [1.82, 2.24) is 0 Å². The van der Waals surface area contributed by atoms with E-state index in [-0.39, 0.29) is 11.9 Å². The minimum atomic E-state index is -0.626. The number of ether oxygens (including phenoxy) is 1. The van der Waals surface area contributed by atoms with Gasteiger partial charge in [0.1, 0.15) is 0 Å². The van der Waals surface area contributed by atoms with Crippen LogP contribution in [0.3, 0.4) is 0 Å². The van der Waals surface area contributed by atoms with Gasteiger partial charge in [0, 0.05) is 0 Å². The van der Waals surface area contributed by atoms with Crippen molar-refractivity contribution < 1.29 is 14.6 Å². The number of carbonyl (C=O) groups excluding carboxylic acids is 1. The summed E-state index contributed by atoms with van der Waals surface area (Å²) >= 11 is 0. The number of carbonyl (C=O) groups is 1. The number of benzene rings is 1. The fourth-order valence-corrected chi connectivity index (χ4v) is 2.10. The predicted molar refractivity (Wildman–Crippen MR) is 71.4 cm³/mol. The molecule has 1 aromatic carbocycles. The Morgan fingerprint density at radius 1 is 1.22 bits per heavy atom. The average Bonchev–Trinajstić information content (AvgIpc) is 2.32. The summed E-state index contributed by atoms with van der Waals surface area (Å²) in [5.74, 6) is -0.582. The van der Waals surface area contributed by atoms with E-state index in [0.29, 0.717) is 6.42 Å². The van der Waals surface area contributed by atoms with Crippen molar-refractivity contribution in [2.75, 3.05) is 7.11 Å². The highest BCUT2D eigenvalue weighted by atomic mass is 16.5. The predicted octanol–water partition coefficient (Wildman–Crippen LogP) is 2.84. The van der Waals surface area contributed by atoms with Crippen LogP contribution in [0.2, 0.25) is 0 Å². The summed E-state index contributed by atoms with van der Waals surface area (Å²) in [7, 11) is 1.37. The maximum Gasteiger partial charge on any atom is 0.308 e. The Labute approximate surface area is 109 Å². The lowest BCUT2D eigenvalue weighted by atomic mass is 9.92. The molecule has 0 aliphatic rings. The largest absolute Gasteiger partial charge is 0.469 e. The zero-order valence-electron chi connectivity index (χ0n) is 11.8. The first kappa shape index (κ1) is 14.7. The maximum absolute atomic E-state index is 11.4. The SMILES string of the molecule is COC(=O)C(C)CC(O)c1cc(C)c(C)cc1C. The van der Waals surface area contributed by atoms with Crippen LogP contribution in [0.25, 0.3) is 0 Å². The number of methoxy groups -OCH3 is 1. The van der Waals surface area contributed by atoms with Crippen molar-refractivity contribution in [3.63, 3.8) is 0 Å². The van der Waals surface area contributed by atoms with Gasteiger partial charge in [0.2, 0.25) is 0 Å². The van der Waals surface area contributed by atoms with Gasteiger partial charge in [-0.2, -0.15) is 0 Å². The third-order valence-corrected chi connectivity index (χ3v) is 3.42. The zero-order chi connectivity index (χ0) is 13.9. The van der Waals surface area contributed by atoms with Crippen molar-refractivity contribution in [2.24, 2.45) is 5.92 Å². The molecule has 1 N–H and O–H groups in total. The van der Waals surface area contributed by atoms with E-state index in [1.807, 2.05) is 19.9 Å². The zero-order valence-corrected chi connectivity index (χ0v) is 11.8. The molecule has 0 radical (unpaired) electrons. The number of aliphatic hydroxyl groups is 1. The molecule has 2 atom stereocenters. The molecule has 1 aromatic rings. The molecule has 18 heavy (non-hydrogen) atoms. The highest BCUT2D eigenvalue weighted by molar-refractivity contribution is 5.71. The van der Waals surface area contributed by atoms with Crippen molar-refractivity contribution in [1.29, 1.82) is 0 Å². The molecule has 0 aliphatic heterocycles. The molecule has 0 saturated carbocycles. The van der Waals surface area contributed by atoms with Gasteiger partial charge in [0.25, 0.3) is 0 Å². The van der Waals surface area contributed by atoms with Crippen LogP contribution in [0, 0.1) is 26.7 Å². The molecule has 0 amide bonds. The van der Waals surface area contributed by atoms with E-state index in [1.165, 1.54) is 12.7 Å². The summed E-state index contributed by atoms with van der Waals surface area (Å²) in [5.41, 5.74) is 4.32. The van der Waals surface area contributed by atoms with Gasteiger partial charge >= 0.3 is 5.97 Å². The molecule has 2 unspecified atom stereocenters. The van der Waals surface area contributed by atoms with E-state index in [0.717, 1.165) is 16.7 Å². The number of aliphatic hydroxyl groups excluding tert-OH is 1. The monoisotopic (exact) mass is 250 g/mol. The first-order valence-electron chi connectivity index (χ1n) is 6.20. The number of hydrogen-bond acceptors (Lipinski definition) is 3. The summed E-state index contributed by atoms with van der Waals surface area (Å²) in [5, 5.41) is 10.2. The molecule has 0 heterocycles. The first-order chi connectivity index (χ1) is 8.36. The summed E-state index contributed by atoms with van der Waals surface area (Å²) in [4.78, 5) is 11.4. The Bertz CT molecular complexity index is 438. The van der Waals surface area contributed by atoms with E-state index < -0.39 is 6.10 Å². The fraction of sp³-hybridized carbons (Fsp3) is 0.533. The molecule has 3 heteroatoms. The quantitative estimate of drug-likeness (QED) is 0.836. The van der Waals surface area contributed by atoms with E-state index in [4.69, 9.17) is 0 Å². The minimum absolute atomic E-state index is 0.282. The van der Waals surface area contributed by atoms with Crippen LogP contribution in [0.4, 0.5) is 0 Å². The first-order valence-corrected chi connectivity index (χ1v) is 6.20. The summed E-state index contributed by atoms with van der Waals surface area (Å²) < 4.78 is 4.67. The van der Waals surface area contributed by atoms with Crippen LogP contribution in [0.5, 0.6) is 0 Å². The molecule has 0 aliphatic carbocycles. The topological polar surface area (TPSA) is 46.5 Å². The standard InChI is InChI=1S/C15H22O3/c1-9-6-11(3)13(7-10(9)2)14(16)8-12(4)15(17)18-5/h6-7,12,14,16H,8H2,1-5H3. The van der Waals surface area contributed by atoms with E-state index in [9.17, 15) is 9.90 Å². The Morgan fingerprint density at radius 3 is 2.33 bits per heavy atom. The second kappa shape index (κ2) is 6.01. The number of esters is 1. The molecule has 100 valence electrons. The molecule has 3 nitrogen and oxygen atoms in total. The van der Waals surface area contributed by atoms with Crippen molar-refractivity contribution in [3.05, 3.63) is 34.4 Å². The lowest BCUT2D eigenvalue weighted by molar-refractivity contribution is -0.145. The molecule has 0 spiro atoms. The van der Waals surface area contributed by atoms with Gasteiger partial charge in [-0.25, -0.2) is 0 Å². The van der Waals surface area contributed by atoms with Crippen LogP contribution in [-0.2, 0) is 9.53 Å². The van der Waals surface area contributed by atoms with Gasteiger partial charge in [-0.15, -0.1) is 0 Å². The molecule has 0 bridgehead atoms. The van der Waals surface area contributed by atoms with E-state index in [2.05, 4.69) is 17.7 Å². The van der Waals surface area contributed by atoms with E-state index >= 15 is 0 Å². The summed E-state index contributed by atoms with van der Waals surface area (Å²) in [6.45, 7) is 7.82. The van der Waals surface area contributed by atoms with Crippen LogP contribution >= 0.6 is 0 Å². The molecule has 0 aromatic heterocycles. The Hall–Kier alpha value is -1.35. The van der Waals surface area contributed by atoms with E-state index in [1.54, 1.807) is 6.92 Å². The number of aryl methyl sites for hydroxylation is 3. The number of hydrogen-bond donors (Lipinski definition) is 1. The molecular weight excluding hydrogens is 228 g/mol. The second-order valence-electron chi connectivity index (χ2n) is 4.97.